The number of rotatable bonds is 12. The molecule has 0 saturated heterocycles. The molecule has 0 aliphatic heterocycles. The lowest BCUT2D eigenvalue weighted by molar-refractivity contribution is -0.123. The van der Waals surface area contributed by atoms with Crippen LogP contribution in [0.4, 0.5) is 0 Å². The lowest BCUT2D eigenvalue weighted by Crippen LogP contribution is -2.52. The molecule has 0 saturated carbocycles. The van der Waals surface area contributed by atoms with Crippen molar-refractivity contribution in [1.82, 2.24) is 4.90 Å². The van der Waals surface area contributed by atoms with E-state index >= 15 is 0 Å². The number of aliphatic hydroxyl groups is 1. The maximum absolute atomic E-state index is 13.5. The summed E-state index contributed by atoms with van der Waals surface area (Å²) in [6, 6.07) is 15.7. The molecule has 2 atom stereocenters. The Labute approximate surface area is 206 Å². The molecule has 1 aromatic heterocycles. The van der Waals surface area contributed by atoms with E-state index in [4.69, 9.17) is 14.9 Å². The number of amides is 1. The van der Waals surface area contributed by atoms with E-state index in [1.807, 2.05) is 0 Å². The first-order chi connectivity index (χ1) is 16.6. The summed E-state index contributed by atoms with van der Waals surface area (Å²) in [5.41, 5.74) is 6.48. The van der Waals surface area contributed by atoms with Crippen LogP contribution >= 0.6 is 0 Å². The van der Waals surface area contributed by atoms with Gasteiger partial charge in [0.15, 0.2) is 14.6 Å². The van der Waals surface area contributed by atoms with Gasteiger partial charge in [0.25, 0.3) is 0 Å². The van der Waals surface area contributed by atoms with E-state index < -0.39 is 26.6 Å². The molecule has 0 aliphatic rings. The summed E-state index contributed by atoms with van der Waals surface area (Å²) in [5, 5.41) is 11.1. The normalized spacial score (nSPS) is 14.4. The van der Waals surface area contributed by atoms with Crippen LogP contribution in [0, 0.1) is 0 Å². The van der Waals surface area contributed by atoms with Gasteiger partial charge in [0, 0.05) is 12.1 Å². The first-order valence-electron chi connectivity index (χ1n) is 11.5. The Morgan fingerprint density at radius 3 is 2.23 bits per heavy atom. The Balaban J connectivity index is 1.82. The molecule has 1 amide bonds. The molecule has 3 rings (SSSR count). The number of hydrogen-bond acceptors (Lipinski definition) is 7. The Morgan fingerprint density at radius 2 is 1.71 bits per heavy atom. The van der Waals surface area contributed by atoms with Crippen LogP contribution in [0.1, 0.15) is 32.4 Å². The van der Waals surface area contributed by atoms with Gasteiger partial charge in [-0.1, -0.05) is 26.0 Å². The van der Waals surface area contributed by atoms with E-state index in [0.29, 0.717) is 23.7 Å². The van der Waals surface area contributed by atoms with Crippen molar-refractivity contribution in [3.8, 4) is 17.1 Å². The van der Waals surface area contributed by atoms with Gasteiger partial charge in [0.2, 0.25) is 5.91 Å². The second-order valence-electron chi connectivity index (χ2n) is 8.32. The smallest absolute Gasteiger partial charge is 0.242 e. The van der Waals surface area contributed by atoms with Gasteiger partial charge in [-0.2, -0.15) is 0 Å². The highest BCUT2D eigenvalue weighted by Crippen LogP contribution is 2.38. The van der Waals surface area contributed by atoms with Crippen molar-refractivity contribution < 1.29 is 27.5 Å². The van der Waals surface area contributed by atoms with Gasteiger partial charge in [-0.3, -0.25) is 4.79 Å². The zero-order valence-corrected chi connectivity index (χ0v) is 21.0. The molecule has 2 aromatic carbocycles. The Bertz CT molecular complexity index is 1200. The third kappa shape index (κ3) is 5.42. The predicted octanol–water partition coefficient (Wildman–Crippen LogP) is 3.42. The summed E-state index contributed by atoms with van der Waals surface area (Å²) < 4.78 is 35.8. The van der Waals surface area contributed by atoms with Crippen LogP contribution in [0.2, 0.25) is 0 Å². The molecular weight excluding hydrogens is 468 g/mol. The Morgan fingerprint density at radius 1 is 1.09 bits per heavy atom. The lowest BCUT2D eigenvalue weighted by atomic mass is 9.96. The summed E-state index contributed by atoms with van der Waals surface area (Å²) >= 11 is 0. The van der Waals surface area contributed by atoms with Crippen molar-refractivity contribution in [1.29, 1.82) is 0 Å². The van der Waals surface area contributed by atoms with Crippen molar-refractivity contribution in [3.63, 3.8) is 0 Å². The Kier molecular flexibility index (Phi) is 8.37. The van der Waals surface area contributed by atoms with E-state index in [1.165, 1.54) is 30.5 Å². The van der Waals surface area contributed by atoms with Crippen LogP contribution in [-0.2, 0) is 14.6 Å². The molecule has 0 aliphatic carbocycles. The third-order valence-electron chi connectivity index (χ3n) is 6.31. The molecule has 9 heteroatoms. The van der Waals surface area contributed by atoms with E-state index in [-0.39, 0.29) is 10.5 Å². The molecule has 0 bridgehead atoms. The fraction of sp³-hybridized carbons (Fsp3) is 0.346. The largest absolute Gasteiger partial charge is 0.492 e. The molecule has 8 nitrogen and oxygen atoms in total. The minimum atomic E-state index is -4.36. The van der Waals surface area contributed by atoms with Gasteiger partial charge in [-0.15, -0.1) is 0 Å². The number of likely N-dealkylation sites (N-methyl/N-ethyl adjacent to an activating group) is 1. The molecule has 0 radical (unpaired) electrons. The molecule has 1 heterocycles. The molecule has 3 aromatic rings. The topological polar surface area (TPSA) is 123 Å². The maximum atomic E-state index is 13.5. The summed E-state index contributed by atoms with van der Waals surface area (Å²) in [4.78, 5) is 14.6. The van der Waals surface area contributed by atoms with Gasteiger partial charge < -0.3 is 24.9 Å². The minimum absolute atomic E-state index is 0.135. The van der Waals surface area contributed by atoms with Crippen LogP contribution < -0.4 is 10.5 Å². The maximum Gasteiger partial charge on any atom is 0.242 e. The zero-order chi connectivity index (χ0) is 25.6. The lowest BCUT2D eigenvalue weighted by Gasteiger charge is -2.31. The molecule has 0 fully saturated rings. The number of hydrogen-bond donors (Lipinski definition) is 2. The van der Waals surface area contributed by atoms with Crippen LogP contribution in [0.15, 0.2) is 76.2 Å². The third-order valence-corrected chi connectivity index (χ3v) is 8.74. The van der Waals surface area contributed by atoms with Crippen molar-refractivity contribution in [3.05, 3.63) is 72.5 Å². The van der Waals surface area contributed by atoms with Crippen molar-refractivity contribution in [2.24, 2.45) is 5.73 Å². The second kappa shape index (κ2) is 11.1. The molecule has 35 heavy (non-hydrogen) atoms. The Hall–Kier alpha value is -3.14. The number of benzene rings is 2. The van der Waals surface area contributed by atoms with E-state index in [1.54, 1.807) is 36.4 Å². The monoisotopic (exact) mass is 500 g/mol. The average Bonchev–Trinajstić information content (AvgIpc) is 3.41. The van der Waals surface area contributed by atoms with Gasteiger partial charge >= 0.3 is 0 Å². The van der Waals surface area contributed by atoms with E-state index in [9.17, 15) is 18.3 Å². The average molecular weight is 501 g/mol. The van der Waals surface area contributed by atoms with Crippen LogP contribution in [0.3, 0.4) is 0 Å². The van der Waals surface area contributed by atoms with Gasteiger partial charge in [-0.25, -0.2) is 8.42 Å². The first-order valence-corrected chi connectivity index (χ1v) is 12.9. The van der Waals surface area contributed by atoms with E-state index in [2.05, 4.69) is 18.7 Å². The molecule has 3 N–H and O–H groups in total. The van der Waals surface area contributed by atoms with E-state index in [0.717, 1.165) is 26.6 Å². The van der Waals surface area contributed by atoms with Gasteiger partial charge in [-0.05, 0) is 74.1 Å². The first kappa shape index (κ1) is 26.5. The van der Waals surface area contributed by atoms with Crippen LogP contribution in [0.5, 0.6) is 5.75 Å². The number of nitrogens with zero attached hydrogens (tertiary/aromatic N) is 1. The summed E-state index contributed by atoms with van der Waals surface area (Å²) in [6.07, 6.45) is -0.179. The minimum Gasteiger partial charge on any atom is -0.492 e. The standard InChI is InChI=1S/C26H32N2O6S/c1-4-28(5-2)16-18-33-21-12-8-20(9-13-21)24(29)26(3,25(27)30)35(31,32)22-14-10-19(11-15-22)23-7-6-17-34-23/h6-15,17,24,29H,4-5,16,18H2,1-3H3,(H2,27,30). The van der Waals surface area contributed by atoms with Crippen molar-refractivity contribution in [2.75, 3.05) is 26.2 Å². The number of primary amides is 1. The van der Waals surface area contributed by atoms with Crippen LogP contribution in [-0.4, -0.2) is 55.3 Å². The summed E-state index contributed by atoms with van der Waals surface area (Å²) in [6.45, 7) is 8.42. The van der Waals surface area contributed by atoms with Crippen molar-refractivity contribution >= 4 is 15.7 Å². The fourth-order valence-corrected chi connectivity index (χ4v) is 5.48. The number of nitrogens with two attached hydrogens (primary N) is 1. The van der Waals surface area contributed by atoms with Gasteiger partial charge in [0.05, 0.1) is 11.2 Å². The SMILES string of the molecule is CCN(CC)CCOc1ccc(C(O)C(C)(C(N)=O)S(=O)(=O)c2ccc(-c3ccco3)cc2)cc1. The highest BCUT2D eigenvalue weighted by molar-refractivity contribution is 7.93. The summed E-state index contributed by atoms with van der Waals surface area (Å²) in [7, 11) is -4.36. The quantitative estimate of drug-likeness (QED) is 0.391. The molecular formula is C26H32N2O6S. The number of sulfone groups is 1. The zero-order valence-electron chi connectivity index (χ0n) is 20.2. The fourth-order valence-electron chi connectivity index (χ4n) is 3.80. The van der Waals surface area contributed by atoms with Crippen molar-refractivity contribution in [2.45, 2.75) is 36.5 Å². The number of carbonyl (C=O) groups is 1. The molecule has 0 spiro atoms. The van der Waals surface area contributed by atoms with Gasteiger partial charge in [0.1, 0.15) is 24.2 Å². The number of carbonyl (C=O) groups excluding carboxylic acids is 1. The highest BCUT2D eigenvalue weighted by Gasteiger charge is 2.52. The predicted molar refractivity (Wildman–Crippen MR) is 134 cm³/mol. The van der Waals surface area contributed by atoms with Crippen LogP contribution in [0.25, 0.3) is 11.3 Å². The number of ether oxygens (including phenoxy) is 1. The molecule has 188 valence electrons. The second-order valence-corrected chi connectivity index (χ2v) is 10.6. The number of aliphatic hydroxyl groups excluding tert-OH is 1. The summed E-state index contributed by atoms with van der Waals surface area (Å²) in [5.74, 6) is -0.00373. The highest BCUT2D eigenvalue weighted by atomic mass is 32.2. The number of furan rings is 1. The molecule has 2 unspecified atom stereocenters.